The summed E-state index contributed by atoms with van der Waals surface area (Å²) in [4.78, 5) is 18.2. The Hall–Kier alpha value is -1.04. The van der Waals surface area contributed by atoms with Crippen molar-refractivity contribution in [1.29, 1.82) is 0 Å². The molecule has 2 heterocycles. The second-order valence-electron chi connectivity index (χ2n) is 5.75. The normalized spacial score (nSPS) is 21.9. The lowest BCUT2D eigenvalue weighted by Crippen LogP contribution is -2.51. The summed E-state index contributed by atoms with van der Waals surface area (Å²) in [6.07, 6.45) is 1.34. The minimum Gasteiger partial charge on any atom is -0.393 e. The third-order valence-corrected chi connectivity index (χ3v) is 5.44. The molecule has 0 spiro atoms. The summed E-state index contributed by atoms with van der Waals surface area (Å²) in [6.45, 7) is 4.38. The standard InChI is InChI=1S/C16H22N2O2S/c1-12(17-8-6-13(19)7-9-17)16(20)18-10-11-21-15-5-3-2-4-14(15)18/h2-5,12-13,19H,6-11H2,1H3. The van der Waals surface area contributed by atoms with Crippen molar-refractivity contribution in [1.82, 2.24) is 4.90 Å². The number of thioether (sulfide) groups is 1. The Balaban J connectivity index is 1.73. The van der Waals surface area contributed by atoms with Gasteiger partial charge >= 0.3 is 0 Å². The van der Waals surface area contributed by atoms with Crippen molar-refractivity contribution in [2.45, 2.75) is 36.8 Å². The molecule has 114 valence electrons. The molecule has 0 aliphatic carbocycles. The summed E-state index contributed by atoms with van der Waals surface area (Å²) in [5.74, 6) is 1.13. The second-order valence-corrected chi connectivity index (χ2v) is 6.89. The molecule has 21 heavy (non-hydrogen) atoms. The third kappa shape index (κ3) is 3.10. The molecule has 1 unspecified atom stereocenters. The van der Waals surface area contributed by atoms with Gasteiger partial charge in [0.15, 0.2) is 0 Å². The van der Waals surface area contributed by atoms with Crippen LogP contribution in [-0.4, -0.2) is 53.4 Å². The molecule has 1 fully saturated rings. The van der Waals surface area contributed by atoms with E-state index in [1.54, 1.807) is 0 Å². The predicted molar refractivity (Wildman–Crippen MR) is 85.8 cm³/mol. The van der Waals surface area contributed by atoms with Crippen molar-refractivity contribution in [3.63, 3.8) is 0 Å². The van der Waals surface area contributed by atoms with Crippen LogP contribution in [0.25, 0.3) is 0 Å². The minimum absolute atomic E-state index is 0.117. The number of rotatable bonds is 2. The molecule has 0 bridgehead atoms. The van der Waals surface area contributed by atoms with Gasteiger partial charge in [0.2, 0.25) is 5.91 Å². The molecule has 0 aromatic heterocycles. The van der Waals surface area contributed by atoms with Gasteiger partial charge in [-0.3, -0.25) is 9.69 Å². The average Bonchev–Trinajstić information content (AvgIpc) is 2.53. The highest BCUT2D eigenvalue weighted by Gasteiger charge is 2.31. The molecule has 0 saturated carbocycles. The van der Waals surface area contributed by atoms with Crippen molar-refractivity contribution in [3.8, 4) is 0 Å². The number of hydrogen-bond donors (Lipinski definition) is 1. The Kier molecular flexibility index (Phi) is 4.52. The van der Waals surface area contributed by atoms with Gasteiger partial charge in [-0.05, 0) is 31.9 Å². The number of hydrogen-bond acceptors (Lipinski definition) is 4. The van der Waals surface area contributed by atoms with Crippen LogP contribution in [0.1, 0.15) is 19.8 Å². The third-order valence-electron chi connectivity index (χ3n) is 4.40. The first-order valence-electron chi connectivity index (χ1n) is 7.62. The fraction of sp³-hybridized carbons (Fsp3) is 0.562. The second kappa shape index (κ2) is 6.38. The first kappa shape index (κ1) is 14.9. The fourth-order valence-electron chi connectivity index (χ4n) is 3.05. The molecule has 2 aliphatic heterocycles. The van der Waals surface area contributed by atoms with E-state index in [1.807, 2.05) is 41.8 Å². The molecular formula is C16H22N2O2S. The molecule has 1 atom stereocenters. The Bertz CT molecular complexity index is 515. The maximum absolute atomic E-state index is 12.9. The average molecular weight is 306 g/mol. The smallest absolute Gasteiger partial charge is 0.244 e. The molecule has 4 nitrogen and oxygen atoms in total. The summed E-state index contributed by atoms with van der Waals surface area (Å²) in [7, 11) is 0. The molecule has 3 rings (SSSR count). The zero-order valence-electron chi connectivity index (χ0n) is 12.4. The minimum atomic E-state index is -0.198. The Labute approximate surface area is 130 Å². The molecule has 1 saturated heterocycles. The summed E-state index contributed by atoms with van der Waals surface area (Å²) < 4.78 is 0. The van der Waals surface area contributed by atoms with E-state index in [0.717, 1.165) is 43.9 Å². The van der Waals surface area contributed by atoms with E-state index in [4.69, 9.17) is 0 Å². The quantitative estimate of drug-likeness (QED) is 0.907. The number of anilines is 1. The van der Waals surface area contributed by atoms with Crippen LogP contribution in [0.4, 0.5) is 5.69 Å². The van der Waals surface area contributed by atoms with Crippen molar-refractivity contribution in [3.05, 3.63) is 24.3 Å². The number of nitrogens with zero attached hydrogens (tertiary/aromatic N) is 2. The van der Waals surface area contributed by atoms with Gasteiger partial charge in [0.25, 0.3) is 0 Å². The molecule has 1 aromatic rings. The number of para-hydroxylation sites is 1. The van der Waals surface area contributed by atoms with Gasteiger partial charge in [-0.15, -0.1) is 11.8 Å². The van der Waals surface area contributed by atoms with Gasteiger partial charge in [0.1, 0.15) is 0 Å². The largest absolute Gasteiger partial charge is 0.393 e. The highest BCUT2D eigenvalue weighted by Crippen LogP contribution is 2.34. The van der Waals surface area contributed by atoms with E-state index >= 15 is 0 Å². The number of aliphatic hydroxyl groups is 1. The van der Waals surface area contributed by atoms with Crippen LogP contribution in [0.2, 0.25) is 0 Å². The SMILES string of the molecule is CC(C(=O)N1CCSc2ccccc21)N1CCC(O)CC1. The summed E-state index contributed by atoms with van der Waals surface area (Å²) in [5.41, 5.74) is 1.04. The van der Waals surface area contributed by atoms with Crippen LogP contribution in [-0.2, 0) is 4.79 Å². The summed E-state index contributed by atoms with van der Waals surface area (Å²) >= 11 is 1.82. The van der Waals surface area contributed by atoms with Crippen LogP contribution in [0, 0.1) is 0 Å². The van der Waals surface area contributed by atoms with E-state index in [9.17, 15) is 9.90 Å². The van der Waals surface area contributed by atoms with Gasteiger partial charge in [0.05, 0.1) is 17.8 Å². The Morgan fingerprint density at radius 3 is 2.76 bits per heavy atom. The number of amides is 1. The lowest BCUT2D eigenvalue weighted by molar-refractivity contribution is -0.124. The predicted octanol–water partition coefficient (Wildman–Crippen LogP) is 1.97. The van der Waals surface area contributed by atoms with Gasteiger partial charge in [-0.1, -0.05) is 12.1 Å². The van der Waals surface area contributed by atoms with Crippen LogP contribution in [0.5, 0.6) is 0 Å². The maximum atomic E-state index is 12.9. The summed E-state index contributed by atoms with van der Waals surface area (Å²) in [6, 6.07) is 8.02. The lowest BCUT2D eigenvalue weighted by Gasteiger charge is -2.37. The van der Waals surface area contributed by atoms with Crippen molar-refractivity contribution in [2.75, 3.05) is 30.3 Å². The molecule has 2 aliphatic rings. The van der Waals surface area contributed by atoms with Crippen molar-refractivity contribution >= 4 is 23.4 Å². The van der Waals surface area contributed by atoms with E-state index in [-0.39, 0.29) is 18.1 Å². The van der Waals surface area contributed by atoms with Gasteiger partial charge in [-0.2, -0.15) is 0 Å². The molecule has 1 N–H and O–H groups in total. The number of carbonyl (C=O) groups is 1. The van der Waals surface area contributed by atoms with Crippen LogP contribution >= 0.6 is 11.8 Å². The zero-order valence-corrected chi connectivity index (χ0v) is 13.2. The number of piperidine rings is 1. The van der Waals surface area contributed by atoms with Gasteiger partial charge < -0.3 is 10.0 Å². The topological polar surface area (TPSA) is 43.8 Å². The molecule has 0 radical (unpaired) electrons. The van der Waals surface area contributed by atoms with E-state index < -0.39 is 0 Å². The molecular weight excluding hydrogens is 284 g/mol. The van der Waals surface area contributed by atoms with E-state index in [0.29, 0.717) is 0 Å². The maximum Gasteiger partial charge on any atom is 0.244 e. The van der Waals surface area contributed by atoms with Crippen LogP contribution in [0.15, 0.2) is 29.2 Å². The first-order valence-corrected chi connectivity index (χ1v) is 8.60. The number of benzene rings is 1. The number of carbonyl (C=O) groups excluding carboxylic acids is 1. The summed E-state index contributed by atoms with van der Waals surface area (Å²) in [5, 5.41) is 9.60. The molecule has 1 amide bonds. The van der Waals surface area contributed by atoms with Gasteiger partial charge in [0, 0.05) is 30.3 Å². The van der Waals surface area contributed by atoms with Gasteiger partial charge in [-0.25, -0.2) is 0 Å². The number of aliphatic hydroxyl groups excluding tert-OH is 1. The fourth-order valence-corrected chi connectivity index (χ4v) is 4.05. The zero-order chi connectivity index (χ0) is 14.8. The van der Waals surface area contributed by atoms with Crippen LogP contribution < -0.4 is 4.90 Å². The van der Waals surface area contributed by atoms with E-state index in [2.05, 4.69) is 11.0 Å². The monoisotopic (exact) mass is 306 g/mol. The highest BCUT2D eigenvalue weighted by molar-refractivity contribution is 7.99. The number of fused-ring (bicyclic) bond motifs is 1. The van der Waals surface area contributed by atoms with E-state index in [1.165, 1.54) is 4.90 Å². The van der Waals surface area contributed by atoms with Crippen molar-refractivity contribution in [2.24, 2.45) is 0 Å². The Morgan fingerprint density at radius 2 is 2.00 bits per heavy atom. The first-order chi connectivity index (χ1) is 10.2. The molecule has 5 heteroatoms. The lowest BCUT2D eigenvalue weighted by atomic mass is 10.1. The van der Waals surface area contributed by atoms with Crippen LogP contribution in [0.3, 0.4) is 0 Å². The molecule has 1 aromatic carbocycles. The van der Waals surface area contributed by atoms with Crippen molar-refractivity contribution < 1.29 is 9.90 Å². The Morgan fingerprint density at radius 1 is 1.29 bits per heavy atom. The number of likely N-dealkylation sites (tertiary alicyclic amines) is 1. The highest BCUT2D eigenvalue weighted by atomic mass is 32.2.